The largest absolute Gasteiger partial charge is 0.334 e. The standard InChI is InChI=1S/C26H23FN4O3S/c1-16-12-13-19(14-21(16)27)31-24(33)20-10-6-7-11-22(20)29-26(31)35-17(2)23(32)30-25(34)28-15-18-8-4-3-5-9-18/h3-14,17H,15H2,1-2H3,(H2,28,30,32,34). The lowest BCUT2D eigenvalue weighted by molar-refractivity contribution is -0.119. The molecule has 1 unspecified atom stereocenters. The molecule has 0 radical (unpaired) electrons. The van der Waals surface area contributed by atoms with Gasteiger partial charge in [-0.3, -0.25) is 19.5 Å². The number of carbonyl (C=O) groups is 2. The number of nitrogens with one attached hydrogen (secondary N) is 2. The third-order valence-electron chi connectivity index (χ3n) is 5.34. The van der Waals surface area contributed by atoms with Crippen LogP contribution >= 0.6 is 11.8 Å². The van der Waals surface area contributed by atoms with Crippen LogP contribution in [-0.4, -0.2) is 26.7 Å². The highest BCUT2D eigenvalue weighted by atomic mass is 32.2. The SMILES string of the molecule is Cc1ccc(-n2c(SC(C)C(=O)NC(=O)NCc3ccccc3)nc3ccccc3c2=O)cc1F. The van der Waals surface area contributed by atoms with Gasteiger partial charge in [0.2, 0.25) is 5.91 Å². The number of amides is 3. The Morgan fingerprint density at radius 2 is 1.77 bits per heavy atom. The topological polar surface area (TPSA) is 93.1 Å². The molecule has 7 nitrogen and oxygen atoms in total. The average molecular weight is 491 g/mol. The maximum atomic E-state index is 14.3. The molecule has 1 heterocycles. The maximum Gasteiger partial charge on any atom is 0.321 e. The van der Waals surface area contributed by atoms with Gasteiger partial charge in [-0.15, -0.1) is 0 Å². The first-order valence-corrected chi connectivity index (χ1v) is 11.8. The summed E-state index contributed by atoms with van der Waals surface area (Å²) in [6.45, 7) is 3.50. The molecular weight excluding hydrogens is 467 g/mol. The van der Waals surface area contributed by atoms with Gasteiger partial charge in [-0.1, -0.05) is 60.3 Å². The third-order valence-corrected chi connectivity index (χ3v) is 6.39. The summed E-state index contributed by atoms with van der Waals surface area (Å²) >= 11 is 1.01. The van der Waals surface area contributed by atoms with Gasteiger partial charge in [-0.2, -0.15) is 0 Å². The van der Waals surface area contributed by atoms with E-state index in [2.05, 4.69) is 15.6 Å². The summed E-state index contributed by atoms with van der Waals surface area (Å²) < 4.78 is 15.6. The van der Waals surface area contributed by atoms with Crippen LogP contribution < -0.4 is 16.2 Å². The van der Waals surface area contributed by atoms with Crippen molar-refractivity contribution in [3.8, 4) is 5.69 Å². The number of aromatic nitrogens is 2. The van der Waals surface area contributed by atoms with Gasteiger partial charge in [-0.05, 0) is 49.2 Å². The van der Waals surface area contributed by atoms with E-state index in [1.807, 2.05) is 30.3 Å². The normalized spacial score (nSPS) is 11.7. The minimum atomic E-state index is -0.771. The van der Waals surface area contributed by atoms with Crippen LogP contribution in [0.15, 0.2) is 82.7 Å². The number of rotatable bonds is 6. The molecule has 0 saturated heterocycles. The molecule has 0 aliphatic carbocycles. The van der Waals surface area contributed by atoms with Crippen molar-refractivity contribution in [2.24, 2.45) is 0 Å². The monoisotopic (exact) mass is 490 g/mol. The van der Waals surface area contributed by atoms with Crippen LogP contribution in [0.2, 0.25) is 0 Å². The molecule has 4 rings (SSSR count). The van der Waals surface area contributed by atoms with Crippen molar-refractivity contribution >= 4 is 34.6 Å². The Kier molecular flexibility index (Phi) is 7.26. The molecule has 1 aromatic heterocycles. The molecule has 3 aromatic carbocycles. The molecule has 4 aromatic rings. The van der Waals surface area contributed by atoms with E-state index in [1.165, 1.54) is 10.6 Å². The highest BCUT2D eigenvalue weighted by Crippen LogP contribution is 2.26. The van der Waals surface area contributed by atoms with E-state index in [4.69, 9.17) is 0 Å². The van der Waals surface area contributed by atoms with E-state index in [-0.39, 0.29) is 17.3 Å². The van der Waals surface area contributed by atoms with E-state index in [0.29, 0.717) is 22.2 Å². The molecule has 0 bridgehead atoms. The van der Waals surface area contributed by atoms with E-state index in [0.717, 1.165) is 17.3 Å². The Labute approximate surface area is 205 Å². The molecule has 0 saturated carbocycles. The molecule has 0 aliphatic heterocycles. The average Bonchev–Trinajstić information content (AvgIpc) is 2.85. The number of hydrogen-bond donors (Lipinski definition) is 2. The quantitative estimate of drug-likeness (QED) is 0.310. The second-order valence-corrected chi connectivity index (χ2v) is 9.21. The lowest BCUT2D eigenvalue weighted by Gasteiger charge is -2.16. The highest BCUT2D eigenvalue weighted by Gasteiger charge is 2.22. The van der Waals surface area contributed by atoms with Gasteiger partial charge >= 0.3 is 6.03 Å². The molecule has 1 atom stereocenters. The first-order chi connectivity index (χ1) is 16.8. The number of fused-ring (bicyclic) bond motifs is 1. The Morgan fingerprint density at radius 1 is 1.06 bits per heavy atom. The number of halogens is 1. The Morgan fingerprint density at radius 3 is 2.51 bits per heavy atom. The van der Waals surface area contributed by atoms with Crippen molar-refractivity contribution in [3.63, 3.8) is 0 Å². The zero-order chi connectivity index (χ0) is 24.9. The summed E-state index contributed by atoms with van der Waals surface area (Å²) in [7, 11) is 0. The smallest absolute Gasteiger partial charge is 0.321 e. The first kappa shape index (κ1) is 24.2. The van der Waals surface area contributed by atoms with Crippen LogP contribution in [0, 0.1) is 12.7 Å². The summed E-state index contributed by atoms with van der Waals surface area (Å²) in [5.74, 6) is -1.01. The van der Waals surface area contributed by atoms with Crippen LogP contribution in [0.3, 0.4) is 0 Å². The lowest BCUT2D eigenvalue weighted by Crippen LogP contribution is -2.42. The van der Waals surface area contributed by atoms with Crippen molar-refractivity contribution in [1.82, 2.24) is 20.2 Å². The van der Waals surface area contributed by atoms with Crippen molar-refractivity contribution in [1.29, 1.82) is 0 Å². The number of para-hydroxylation sites is 1. The number of carbonyl (C=O) groups excluding carboxylic acids is 2. The third kappa shape index (κ3) is 5.58. The van der Waals surface area contributed by atoms with Gasteiger partial charge in [0.05, 0.1) is 21.8 Å². The first-order valence-electron chi connectivity index (χ1n) is 10.9. The van der Waals surface area contributed by atoms with Gasteiger partial charge in [0, 0.05) is 6.54 Å². The van der Waals surface area contributed by atoms with E-state index in [1.54, 1.807) is 50.2 Å². The number of imide groups is 1. The molecule has 0 aliphatic rings. The lowest BCUT2D eigenvalue weighted by atomic mass is 10.2. The van der Waals surface area contributed by atoms with E-state index < -0.39 is 23.0 Å². The minimum Gasteiger partial charge on any atom is -0.334 e. The number of benzene rings is 3. The molecule has 0 spiro atoms. The van der Waals surface area contributed by atoms with Crippen LogP contribution in [0.4, 0.5) is 9.18 Å². The molecule has 9 heteroatoms. The molecule has 2 N–H and O–H groups in total. The van der Waals surface area contributed by atoms with Crippen LogP contribution in [0.1, 0.15) is 18.1 Å². The minimum absolute atomic E-state index is 0.212. The Bertz CT molecular complexity index is 1460. The summed E-state index contributed by atoms with van der Waals surface area (Å²) in [6, 6.07) is 20.0. The molecule has 3 amide bonds. The van der Waals surface area contributed by atoms with Crippen molar-refractivity contribution in [2.45, 2.75) is 30.8 Å². The van der Waals surface area contributed by atoms with Crippen molar-refractivity contribution < 1.29 is 14.0 Å². The van der Waals surface area contributed by atoms with Gasteiger partial charge < -0.3 is 5.32 Å². The number of urea groups is 1. The van der Waals surface area contributed by atoms with E-state index >= 15 is 0 Å². The summed E-state index contributed by atoms with van der Waals surface area (Å²) in [5.41, 5.74) is 1.71. The predicted octanol–water partition coefficient (Wildman–Crippen LogP) is 4.34. The molecule has 0 fully saturated rings. The zero-order valence-electron chi connectivity index (χ0n) is 19.1. The van der Waals surface area contributed by atoms with E-state index in [9.17, 15) is 18.8 Å². The highest BCUT2D eigenvalue weighted by molar-refractivity contribution is 8.00. The maximum absolute atomic E-state index is 14.3. The van der Waals surface area contributed by atoms with Crippen LogP contribution in [0.5, 0.6) is 0 Å². The van der Waals surface area contributed by atoms with Gasteiger partial charge in [0.15, 0.2) is 5.16 Å². The molecule has 178 valence electrons. The predicted molar refractivity (Wildman–Crippen MR) is 134 cm³/mol. The van der Waals surface area contributed by atoms with Gasteiger partial charge in [-0.25, -0.2) is 14.2 Å². The summed E-state index contributed by atoms with van der Waals surface area (Å²) in [5, 5.41) is 4.76. The fraction of sp³-hybridized carbons (Fsp3) is 0.154. The molecular formula is C26H23FN4O3S. The summed E-state index contributed by atoms with van der Waals surface area (Å²) in [6.07, 6.45) is 0. The van der Waals surface area contributed by atoms with Gasteiger partial charge in [0.25, 0.3) is 5.56 Å². The van der Waals surface area contributed by atoms with Gasteiger partial charge in [0.1, 0.15) is 5.82 Å². The number of hydrogen-bond acceptors (Lipinski definition) is 5. The van der Waals surface area contributed by atoms with Crippen molar-refractivity contribution in [3.05, 3.63) is 100 Å². The number of nitrogens with zero attached hydrogens (tertiary/aromatic N) is 2. The number of aryl methyl sites for hydroxylation is 1. The fourth-order valence-corrected chi connectivity index (χ4v) is 4.31. The van der Waals surface area contributed by atoms with Crippen LogP contribution in [-0.2, 0) is 11.3 Å². The Hall–Kier alpha value is -3.98. The number of thioether (sulfide) groups is 1. The van der Waals surface area contributed by atoms with Crippen LogP contribution in [0.25, 0.3) is 16.6 Å². The Balaban J connectivity index is 1.57. The fourth-order valence-electron chi connectivity index (χ4n) is 3.39. The second kappa shape index (κ2) is 10.5. The second-order valence-electron chi connectivity index (χ2n) is 7.90. The van der Waals surface area contributed by atoms with Crippen molar-refractivity contribution in [2.75, 3.05) is 0 Å². The summed E-state index contributed by atoms with van der Waals surface area (Å²) in [4.78, 5) is 42.8. The zero-order valence-corrected chi connectivity index (χ0v) is 19.9. The molecule has 35 heavy (non-hydrogen) atoms.